The summed E-state index contributed by atoms with van der Waals surface area (Å²) in [6.07, 6.45) is 0. The van der Waals surface area contributed by atoms with E-state index in [1.54, 1.807) is 12.1 Å². The molecule has 1 aromatic carbocycles. The summed E-state index contributed by atoms with van der Waals surface area (Å²) in [7, 11) is 0. The zero-order valence-electron chi connectivity index (χ0n) is 6.16. The minimum absolute atomic E-state index is 0.0619. The number of halogens is 1. The topological polar surface area (TPSA) is 69.2 Å². The number of nitro benzene ring substituents is 1. The molecule has 0 aromatic heterocycles. The third-order valence-corrected chi connectivity index (χ3v) is 2.05. The van der Waals surface area contributed by atoms with Gasteiger partial charge in [0.15, 0.2) is 0 Å². The third-order valence-electron chi connectivity index (χ3n) is 1.45. The van der Waals surface area contributed by atoms with Gasteiger partial charge in [-0.3, -0.25) is 10.1 Å². The van der Waals surface area contributed by atoms with Crippen LogP contribution in [0.1, 0.15) is 5.56 Å². The second-order valence-electron chi connectivity index (χ2n) is 2.28. The van der Waals surface area contributed by atoms with Crippen molar-refractivity contribution in [3.05, 3.63) is 33.9 Å². The molecule has 0 bridgehead atoms. The number of alkyl halides is 1. The monoisotopic (exact) mass is 230 g/mol. The maximum atomic E-state index is 10.5. The largest absolute Gasteiger partial charge is 0.399 e. The van der Waals surface area contributed by atoms with Crippen molar-refractivity contribution in [1.82, 2.24) is 0 Å². The molecule has 0 amide bonds. The van der Waals surface area contributed by atoms with Gasteiger partial charge in [0.2, 0.25) is 0 Å². The SMILES string of the molecule is Nc1ccc(CBr)c([N+](=O)[O-])c1. The number of anilines is 1. The minimum atomic E-state index is -0.438. The van der Waals surface area contributed by atoms with Gasteiger partial charge in [-0.15, -0.1) is 0 Å². The molecule has 1 rings (SSSR count). The van der Waals surface area contributed by atoms with E-state index in [2.05, 4.69) is 15.9 Å². The highest BCUT2D eigenvalue weighted by Crippen LogP contribution is 2.23. The number of nitrogen functional groups attached to an aromatic ring is 1. The van der Waals surface area contributed by atoms with Crippen LogP contribution in [0.15, 0.2) is 18.2 Å². The molecular formula is C7H7BrN2O2. The predicted molar refractivity (Wildman–Crippen MR) is 50.1 cm³/mol. The van der Waals surface area contributed by atoms with Crippen molar-refractivity contribution in [2.24, 2.45) is 0 Å². The van der Waals surface area contributed by atoms with Crippen LogP contribution in [0, 0.1) is 10.1 Å². The molecule has 0 aliphatic carbocycles. The normalized spacial score (nSPS) is 9.75. The van der Waals surface area contributed by atoms with Crippen molar-refractivity contribution >= 4 is 27.3 Å². The van der Waals surface area contributed by atoms with Crippen LogP contribution in [0.4, 0.5) is 11.4 Å². The lowest BCUT2D eigenvalue weighted by molar-refractivity contribution is -0.385. The second kappa shape index (κ2) is 3.53. The fourth-order valence-corrected chi connectivity index (χ4v) is 1.34. The maximum absolute atomic E-state index is 10.5. The van der Waals surface area contributed by atoms with E-state index in [0.717, 1.165) is 0 Å². The lowest BCUT2D eigenvalue weighted by Crippen LogP contribution is -1.95. The lowest BCUT2D eigenvalue weighted by Gasteiger charge is -1.98. The van der Waals surface area contributed by atoms with E-state index in [9.17, 15) is 10.1 Å². The van der Waals surface area contributed by atoms with Crippen LogP contribution < -0.4 is 5.73 Å². The average molecular weight is 231 g/mol. The van der Waals surface area contributed by atoms with Crippen molar-refractivity contribution in [3.8, 4) is 0 Å². The first-order chi connectivity index (χ1) is 5.65. The first-order valence-corrected chi connectivity index (χ1v) is 4.36. The van der Waals surface area contributed by atoms with Crippen molar-refractivity contribution in [2.45, 2.75) is 5.33 Å². The first-order valence-electron chi connectivity index (χ1n) is 3.24. The summed E-state index contributed by atoms with van der Waals surface area (Å²) < 4.78 is 0. The Kier molecular flexibility index (Phi) is 2.65. The molecule has 0 fully saturated rings. The Balaban J connectivity index is 3.21. The molecule has 0 heterocycles. The summed E-state index contributed by atoms with van der Waals surface area (Å²) >= 11 is 3.16. The van der Waals surface area contributed by atoms with E-state index < -0.39 is 4.92 Å². The molecule has 4 nitrogen and oxygen atoms in total. The van der Waals surface area contributed by atoms with Gasteiger partial charge in [-0.05, 0) is 12.1 Å². The number of hydrogen-bond acceptors (Lipinski definition) is 3. The van der Waals surface area contributed by atoms with Crippen LogP contribution in [-0.4, -0.2) is 4.92 Å². The standard InChI is InChI=1S/C7H7BrN2O2/c8-4-5-1-2-6(9)3-7(5)10(11)12/h1-3H,4,9H2. The molecule has 5 heteroatoms. The Bertz CT molecular complexity index is 314. The van der Waals surface area contributed by atoms with Gasteiger partial charge in [-0.2, -0.15) is 0 Å². The van der Waals surface area contributed by atoms with Crippen LogP contribution >= 0.6 is 15.9 Å². The smallest absolute Gasteiger partial charge is 0.275 e. The van der Waals surface area contributed by atoms with Gasteiger partial charge in [0, 0.05) is 22.6 Å². The van der Waals surface area contributed by atoms with Crippen LogP contribution in [0.2, 0.25) is 0 Å². The number of benzene rings is 1. The summed E-state index contributed by atoms with van der Waals surface area (Å²) in [5.74, 6) is 0. The lowest BCUT2D eigenvalue weighted by atomic mass is 10.2. The highest BCUT2D eigenvalue weighted by molar-refractivity contribution is 9.08. The predicted octanol–water partition coefficient (Wildman–Crippen LogP) is 2.07. The molecule has 2 N–H and O–H groups in total. The highest BCUT2D eigenvalue weighted by Gasteiger charge is 2.11. The summed E-state index contributed by atoms with van der Waals surface area (Å²) in [4.78, 5) is 10.0. The zero-order chi connectivity index (χ0) is 9.14. The van der Waals surface area contributed by atoms with Gasteiger partial charge in [-0.25, -0.2) is 0 Å². The summed E-state index contributed by atoms with van der Waals surface area (Å²) in [5, 5.41) is 10.9. The van der Waals surface area contributed by atoms with Gasteiger partial charge >= 0.3 is 0 Å². The fraction of sp³-hybridized carbons (Fsp3) is 0.143. The summed E-state index contributed by atoms with van der Waals surface area (Å²) in [6.45, 7) is 0. The van der Waals surface area contributed by atoms with Gasteiger partial charge in [-0.1, -0.05) is 15.9 Å². The molecule has 0 aliphatic rings. The summed E-state index contributed by atoms with van der Waals surface area (Å²) in [6, 6.07) is 4.64. The maximum Gasteiger partial charge on any atom is 0.275 e. The molecule has 0 saturated carbocycles. The third kappa shape index (κ3) is 1.73. The number of nitro groups is 1. The highest BCUT2D eigenvalue weighted by atomic mass is 79.9. The van der Waals surface area contributed by atoms with Crippen molar-refractivity contribution in [2.75, 3.05) is 5.73 Å². The molecule has 64 valence electrons. The number of nitrogens with zero attached hydrogens (tertiary/aromatic N) is 1. The zero-order valence-corrected chi connectivity index (χ0v) is 7.74. The van der Waals surface area contributed by atoms with Crippen molar-refractivity contribution < 1.29 is 4.92 Å². The molecule has 1 aromatic rings. The van der Waals surface area contributed by atoms with Gasteiger partial charge in [0.1, 0.15) is 0 Å². The molecular weight excluding hydrogens is 224 g/mol. The van der Waals surface area contributed by atoms with Crippen molar-refractivity contribution in [1.29, 1.82) is 0 Å². The molecule has 0 unspecified atom stereocenters. The Morgan fingerprint density at radius 3 is 2.75 bits per heavy atom. The van der Waals surface area contributed by atoms with Crippen molar-refractivity contribution in [3.63, 3.8) is 0 Å². The Hall–Kier alpha value is -1.10. The number of hydrogen-bond donors (Lipinski definition) is 1. The average Bonchev–Trinajstić information content (AvgIpc) is 2.04. The number of rotatable bonds is 2. The van der Waals surface area contributed by atoms with E-state index in [1.807, 2.05) is 0 Å². The quantitative estimate of drug-likeness (QED) is 0.366. The molecule has 0 saturated heterocycles. The minimum Gasteiger partial charge on any atom is -0.399 e. The van der Waals surface area contributed by atoms with E-state index >= 15 is 0 Å². The van der Waals surface area contributed by atoms with E-state index in [-0.39, 0.29) is 5.69 Å². The van der Waals surface area contributed by atoms with Gasteiger partial charge < -0.3 is 5.73 Å². The Labute approximate surface area is 77.7 Å². The van der Waals surface area contributed by atoms with E-state index in [1.165, 1.54) is 6.07 Å². The molecule has 0 atom stereocenters. The first kappa shape index (κ1) is 8.99. The molecule has 12 heavy (non-hydrogen) atoms. The van der Waals surface area contributed by atoms with Crippen LogP contribution in [0.25, 0.3) is 0 Å². The van der Waals surface area contributed by atoms with Gasteiger partial charge in [0.05, 0.1) is 4.92 Å². The summed E-state index contributed by atoms with van der Waals surface area (Å²) in [5.41, 5.74) is 6.50. The second-order valence-corrected chi connectivity index (χ2v) is 2.84. The van der Waals surface area contributed by atoms with Crippen LogP contribution in [-0.2, 0) is 5.33 Å². The van der Waals surface area contributed by atoms with Crippen LogP contribution in [0.5, 0.6) is 0 Å². The van der Waals surface area contributed by atoms with E-state index in [4.69, 9.17) is 5.73 Å². The van der Waals surface area contributed by atoms with Crippen LogP contribution in [0.3, 0.4) is 0 Å². The Morgan fingerprint density at radius 1 is 1.58 bits per heavy atom. The fourth-order valence-electron chi connectivity index (χ4n) is 0.864. The van der Waals surface area contributed by atoms with E-state index in [0.29, 0.717) is 16.6 Å². The van der Waals surface area contributed by atoms with Gasteiger partial charge in [0.25, 0.3) is 5.69 Å². The number of nitrogens with two attached hydrogens (primary N) is 1. The molecule has 0 spiro atoms. The Morgan fingerprint density at radius 2 is 2.25 bits per heavy atom. The molecule has 0 aliphatic heterocycles. The molecule has 0 radical (unpaired) electrons.